The molecule has 2 rings (SSSR count). The zero-order valence-corrected chi connectivity index (χ0v) is 14.7. The number of hydrogen-bond acceptors (Lipinski definition) is 10. The number of carboxylic acids is 1. The van der Waals surface area contributed by atoms with E-state index in [9.17, 15) is 35.1 Å². The lowest BCUT2D eigenvalue weighted by Crippen LogP contribution is -2.67. The van der Waals surface area contributed by atoms with Crippen LogP contribution < -0.4 is 5.32 Å². The molecule has 0 aliphatic carbocycles. The Balaban J connectivity index is 3.05. The molecule has 12 heteroatoms. The van der Waals surface area contributed by atoms with Crippen molar-refractivity contribution in [3.63, 3.8) is 0 Å². The fraction of sp³-hybridized carbons (Fsp3) is 0.875. The smallest absolute Gasteiger partial charge is 0.335 e. The number of amides is 1. The highest BCUT2D eigenvalue weighted by Gasteiger charge is 2.52. The average molecular weight is 421 g/mol. The molecule has 2 fully saturated rings. The Labute approximate surface area is 177 Å². The summed E-state index contributed by atoms with van der Waals surface area (Å²) in [6, 6.07) is -3.89. The molecular weight excluding hydrogens is 382 g/mol. The Bertz CT molecular complexity index is 1090. The van der Waals surface area contributed by atoms with Crippen LogP contribution in [0, 0.1) is 0 Å². The minimum Gasteiger partial charge on any atom is -0.479 e. The van der Waals surface area contributed by atoms with E-state index in [4.69, 9.17) is 21.2 Å². The summed E-state index contributed by atoms with van der Waals surface area (Å²) in [5.74, 6) is -4.03. The second kappa shape index (κ2) is 9.41. The van der Waals surface area contributed by atoms with E-state index in [0.717, 1.165) is 0 Å². The van der Waals surface area contributed by atoms with E-state index >= 15 is 0 Å². The third kappa shape index (κ3) is 4.60. The lowest BCUT2D eigenvalue weighted by molar-refractivity contribution is -0.327. The van der Waals surface area contributed by atoms with E-state index in [-0.39, 0.29) is 0 Å². The second-order valence-corrected chi connectivity index (χ2v) is 5.19. The van der Waals surface area contributed by atoms with E-state index in [1.54, 1.807) is 0 Å². The van der Waals surface area contributed by atoms with Crippen LogP contribution in [0.2, 0.25) is 0 Å². The highest BCUT2D eigenvalue weighted by Crippen LogP contribution is 2.30. The maximum atomic E-state index is 12.0. The Kier molecular flexibility index (Phi) is 3.74. The van der Waals surface area contributed by atoms with Crippen molar-refractivity contribution >= 4 is 11.9 Å². The molecule has 10 atom stereocenters. The first-order chi connectivity index (χ1) is 17.3. The van der Waals surface area contributed by atoms with Crippen LogP contribution >= 0.6 is 0 Å². The van der Waals surface area contributed by atoms with Crippen LogP contribution in [-0.4, -0.2) is 112 Å². The van der Waals surface area contributed by atoms with Gasteiger partial charge in [0, 0.05) is 14.0 Å². The maximum absolute atomic E-state index is 12.0. The lowest BCUT2D eigenvalue weighted by Gasteiger charge is -2.47. The lowest BCUT2D eigenvalue weighted by atomic mass is 9.92. The van der Waals surface area contributed by atoms with Crippen molar-refractivity contribution in [1.82, 2.24) is 5.32 Å². The van der Waals surface area contributed by atoms with E-state index in [1.165, 1.54) is 5.32 Å². The maximum Gasteiger partial charge on any atom is 0.335 e. The average Bonchev–Trinajstić information content (AvgIpc) is 2.74. The first-order valence-electron chi connectivity index (χ1n) is 13.4. The SMILES string of the molecule is [2H]C([2H])(O)C1([2H])O[C@@]([2H])(C)[C@@]([2H])(NC(C)=O)C([2H])(O[C@]2([2H])OC([2H])(C(=O)O)[C@@]([2H])(OC)C([2H])(O)[C@]2([2H])O)[C@]1([2H])O. The molecule has 0 bridgehead atoms. The van der Waals surface area contributed by atoms with E-state index in [2.05, 4.69) is 14.2 Å². The van der Waals surface area contributed by atoms with Crippen LogP contribution in [-0.2, 0) is 28.5 Å². The number of ether oxygens (including phenoxy) is 4. The fourth-order valence-electron chi connectivity index (χ4n) is 2.12. The molecule has 28 heavy (non-hydrogen) atoms. The molecule has 2 saturated heterocycles. The predicted octanol–water partition coefficient (Wildman–Crippen LogP) is -3.44. The summed E-state index contributed by atoms with van der Waals surface area (Å²) in [6.07, 6.45) is -39.2. The molecule has 162 valence electrons. The number of nitrogens with one attached hydrogen (secondary N) is 1. The number of carbonyl (C=O) groups excluding carboxylic acids is 1. The molecule has 0 radical (unpaired) electrons. The van der Waals surface area contributed by atoms with Gasteiger partial charge in [0.25, 0.3) is 0 Å². The number of hydrogen-bond donors (Lipinski definition) is 6. The number of methoxy groups -OCH3 is 1. The van der Waals surface area contributed by atoms with Crippen molar-refractivity contribution in [2.45, 2.75) is 74.8 Å². The minimum absolute atomic E-state index is 0.421. The normalized spacial score (nSPS) is 77.1. The molecule has 2 heterocycles. The van der Waals surface area contributed by atoms with Gasteiger partial charge in [-0.15, -0.1) is 0 Å². The Morgan fingerprint density at radius 1 is 1.18 bits per heavy atom. The molecule has 2 aliphatic heterocycles. The quantitative estimate of drug-likeness (QED) is 0.251. The van der Waals surface area contributed by atoms with Crippen LogP contribution in [0.3, 0.4) is 0 Å². The second-order valence-electron chi connectivity index (χ2n) is 5.19. The van der Waals surface area contributed by atoms with Gasteiger partial charge in [0.2, 0.25) is 5.91 Å². The van der Waals surface area contributed by atoms with Crippen LogP contribution in [0.1, 0.15) is 30.3 Å². The summed E-state index contributed by atoms with van der Waals surface area (Å²) in [5, 5.41) is 53.5. The fourth-order valence-corrected chi connectivity index (χ4v) is 2.12. The van der Waals surface area contributed by atoms with Gasteiger partial charge >= 0.3 is 5.97 Å². The van der Waals surface area contributed by atoms with Crippen molar-refractivity contribution in [3.8, 4) is 0 Å². The Morgan fingerprint density at radius 3 is 2.32 bits per heavy atom. The summed E-state index contributed by atoms with van der Waals surface area (Å²) in [6.45, 7) is -3.21. The molecule has 1 amide bonds. The minimum atomic E-state index is -4.69. The first kappa shape index (κ1) is 11.1. The van der Waals surface area contributed by atoms with Crippen LogP contribution in [0.4, 0.5) is 0 Å². The summed E-state index contributed by atoms with van der Waals surface area (Å²) in [7, 11) is 0.428. The molecular formula is C16H27NO11. The summed E-state index contributed by atoms with van der Waals surface area (Å²) < 4.78 is 116. The number of carboxylic acid groups (broad SMARTS) is 1. The van der Waals surface area contributed by atoms with Gasteiger partial charge in [0.15, 0.2) is 12.3 Å². The summed E-state index contributed by atoms with van der Waals surface area (Å²) in [4.78, 5) is 23.9. The van der Waals surface area contributed by atoms with Crippen molar-refractivity contribution in [2.24, 2.45) is 0 Å². The molecule has 0 saturated carbocycles. The Morgan fingerprint density at radius 2 is 1.82 bits per heavy atom. The molecule has 12 nitrogen and oxygen atoms in total. The molecule has 0 aromatic heterocycles. The summed E-state index contributed by atoms with van der Waals surface area (Å²) >= 11 is 0. The van der Waals surface area contributed by atoms with Gasteiger partial charge in [0.05, 0.1) is 35.1 Å². The third-order valence-corrected chi connectivity index (χ3v) is 3.29. The van der Waals surface area contributed by atoms with Crippen LogP contribution in [0.25, 0.3) is 0 Å². The van der Waals surface area contributed by atoms with Crippen LogP contribution in [0.5, 0.6) is 0 Å². The number of carbonyl (C=O) groups is 2. The van der Waals surface area contributed by atoms with Gasteiger partial charge in [-0.2, -0.15) is 0 Å². The van der Waals surface area contributed by atoms with Gasteiger partial charge in [-0.05, 0) is 6.92 Å². The largest absolute Gasteiger partial charge is 0.479 e. The molecule has 0 spiro atoms. The number of rotatable bonds is 6. The molecule has 6 N–H and O–H groups in total. The van der Waals surface area contributed by atoms with E-state index in [1.807, 2.05) is 0 Å². The van der Waals surface area contributed by atoms with E-state index < -0.39 is 79.4 Å². The number of aliphatic carboxylic acids is 1. The zero-order valence-electron chi connectivity index (χ0n) is 26.7. The highest BCUT2D eigenvalue weighted by atomic mass is 16.7. The zero-order chi connectivity index (χ0) is 32.2. The van der Waals surface area contributed by atoms with Crippen molar-refractivity contribution in [3.05, 3.63) is 0 Å². The monoisotopic (exact) mass is 421 g/mol. The standard InChI is InChI=1S/C16H27NO11/c1-5-8(17-6(2)19)12(9(20)7(4-18)26-5)27-16-11(22)10(21)13(25-3)14(28-16)15(23)24/h5,7-14,16,18,20-22H,4H2,1-3H3,(H,17,19)(H,23,24)/t5-,7?,8+,9+,10?,11-,12?,13-,14?,16+/m0/s1/i4D2,5D,7D,8D,9D,10D,11D,12D,13D,14D,16D. The van der Waals surface area contributed by atoms with Crippen molar-refractivity contribution in [2.75, 3.05) is 13.7 Å². The van der Waals surface area contributed by atoms with Crippen LogP contribution in [0.15, 0.2) is 0 Å². The summed E-state index contributed by atoms with van der Waals surface area (Å²) in [5.41, 5.74) is 0. The molecule has 4 unspecified atom stereocenters. The first-order valence-corrected chi connectivity index (χ1v) is 7.36. The van der Waals surface area contributed by atoms with Gasteiger partial charge in [0.1, 0.15) is 36.5 Å². The van der Waals surface area contributed by atoms with Gasteiger partial charge in [-0.3, -0.25) is 4.79 Å². The molecule has 2 aliphatic rings. The topological polar surface area (TPSA) is 184 Å². The molecule has 0 aromatic rings. The van der Waals surface area contributed by atoms with Gasteiger partial charge in [-0.1, -0.05) is 0 Å². The third-order valence-electron chi connectivity index (χ3n) is 3.29. The van der Waals surface area contributed by atoms with Crippen molar-refractivity contribution < 1.29 is 70.5 Å². The van der Waals surface area contributed by atoms with E-state index in [0.29, 0.717) is 21.0 Å². The highest BCUT2D eigenvalue weighted by molar-refractivity contribution is 5.73. The van der Waals surface area contributed by atoms with Gasteiger partial charge in [-0.25, -0.2) is 4.79 Å². The van der Waals surface area contributed by atoms with Gasteiger partial charge < -0.3 is 49.8 Å². The molecule has 0 aromatic carbocycles. The van der Waals surface area contributed by atoms with Crippen molar-refractivity contribution in [1.29, 1.82) is 0 Å². The number of aliphatic hydroxyl groups is 4. The predicted molar refractivity (Wildman–Crippen MR) is 89.0 cm³/mol. The Hall–Kier alpha value is -1.38.